The Kier molecular flexibility index (Phi) is 4.87. The molecule has 0 aliphatic carbocycles. The van der Waals surface area contributed by atoms with E-state index in [1.807, 2.05) is 18.2 Å². The first-order valence-corrected chi connectivity index (χ1v) is 9.25. The van der Waals surface area contributed by atoms with Crippen molar-refractivity contribution in [3.8, 4) is 0 Å². The molecular weight excluding hydrogens is 316 g/mol. The van der Waals surface area contributed by atoms with Crippen molar-refractivity contribution in [3.63, 3.8) is 0 Å². The molecule has 1 aromatic heterocycles. The number of aromatic nitrogens is 4. The number of tetrazole rings is 1. The smallest absolute Gasteiger partial charge is 0.215 e. The van der Waals surface area contributed by atoms with Crippen molar-refractivity contribution in [2.24, 2.45) is 0 Å². The second-order valence-electron chi connectivity index (χ2n) is 5.46. The first kappa shape index (κ1) is 15.9. The topological polar surface area (TPSA) is 84.2 Å². The first-order chi connectivity index (χ1) is 11.1. The molecule has 1 saturated heterocycles. The van der Waals surface area contributed by atoms with E-state index >= 15 is 0 Å². The molecule has 2 heterocycles. The van der Waals surface area contributed by atoms with Crippen molar-refractivity contribution in [1.82, 2.24) is 24.5 Å². The van der Waals surface area contributed by atoms with Gasteiger partial charge in [0.05, 0.1) is 12.3 Å². The number of aryl methyl sites for hydroxylation is 1. The molecule has 1 aliphatic rings. The molecule has 0 N–H and O–H groups in total. The monoisotopic (exact) mass is 336 g/mol. The normalized spacial score (nSPS) is 17.1. The molecule has 124 valence electrons. The molecule has 2 aromatic rings. The largest absolute Gasteiger partial charge is 0.370 e. The van der Waals surface area contributed by atoms with Gasteiger partial charge in [-0.25, -0.2) is 17.4 Å². The number of anilines is 1. The van der Waals surface area contributed by atoms with Gasteiger partial charge in [0.25, 0.3) is 0 Å². The van der Waals surface area contributed by atoms with E-state index < -0.39 is 10.0 Å². The van der Waals surface area contributed by atoms with Crippen LogP contribution in [0.4, 0.5) is 5.69 Å². The molecule has 1 aromatic carbocycles. The first-order valence-electron chi connectivity index (χ1n) is 7.64. The van der Waals surface area contributed by atoms with Gasteiger partial charge in [-0.05, 0) is 29.0 Å². The van der Waals surface area contributed by atoms with Crippen molar-refractivity contribution in [1.29, 1.82) is 0 Å². The van der Waals surface area contributed by atoms with Gasteiger partial charge in [-0.15, -0.1) is 5.10 Å². The maximum absolute atomic E-state index is 12.5. The minimum absolute atomic E-state index is 0.0172. The number of rotatable bonds is 5. The van der Waals surface area contributed by atoms with Crippen molar-refractivity contribution in [2.75, 3.05) is 36.8 Å². The van der Waals surface area contributed by atoms with Gasteiger partial charge in [-0.1, -0.05) is 18.2 Å². The number of para-hydroxylation sites is 1. The van der Waals surface area contributed by atoms with Gasteiger partial charge < -0.3 is 4.90 Å². The molecule has 0 radical (unpaired) electrons. The molecule has 3 rings (SSSR count). The minimum Gasteiger partial charge on any atom is -0.370 e. The van der Waals surface area contributed by atoms with Crippen molar-refractivity contribution < 1.29 is 8.42 Å². The van der Waals surface area contributed by atoms with Crippen molar-refractivity contribution in [2.45, 2.75) is 13.0 Å². The van der Waals surface area contributed by atoms with Crippen LogP contribution < -0.4 is 4.90 Å². The lowest BCUT2D eigenvalue weighted by atomic mass is 10.3. The fraction of sp³-hybridized carbons (Fsp3) is 0.500. The summed E-state index contributed by atoms with van der Waals surface area (Å²) in [5.74, 6) is 0.0172. The third kappa shape index (κ3) is 4.05. The lowest BCUT2D eigenvalue weighted by Gasteiger charge is -2.23. The predicted octanol–water partition coefficient (Wildman–Crippen LogP) is 0.215. The van der Waals surface area contributed by atoms with Crippen LogP contribution in [0.15, 0.2) is 36.7 Å². The summed E-state index contributed by atoms with van der Waals surface area (Å²) < 4.78 is 28.0. The molecular formula is C14H20N6O2S. The van der Waals surface area contributed by atoms with E-state index in [0.29, 0.717) is 19.6 Å². The molecule has 8 nitrogen and oxygen atoms in total. The summed E-state index contributed by atoms with van der Waals surface area (Å²) in [5.41, 5.74) is 1.14. The van der Waals surface area contributed by atoms with E-state index in [-0.39, 0.29) is 12.3 Å². The Morgan fingerprint density at radius 2 is 1.87 bits per heavy atom. The van der Waals surface area contributed by atoms with Crippen LogP contribution in [-0.2, 0) is 16.6 Å². The Bertz CT molecular complexity index is 704. The van der Waals surface area contributed by atoms with Crippen LogP contribution in [0.3, 0.4) is 0 Å². The van der Waals surface area contributed by atoms with Gasteiger partial charge in [0.1, 0.15) is 6.33 Å². The van der Waals surface area contributed by atoms with Crippen molar-refractivity contribution in [3.05, 3.63) is 36.7 Å². The highest BCUT2D eigenvalue weighted by Crippen LogP contribution is 2.17. The van der Waals surface area contributed by atoms with Crippen LogP contribution in [0.5, 0.6) is 0 Å². The lowest BCUT2D eigenvalue weighted by Crippen LogP contribution is -2.37. The molecule has 23 heavy (non-hydrogen) atoms. The quantitative estimate of drug-likeness (QED) is 0.776. The SMILES string of the molecule is O=S(=O)(CCn1cnnn1)N1CCCN(c2ccccc2)CC1. The maximum Gasteiger partial charge on any atom is 0.215 e. The number of benzene rings is 1. The zero-order chi connectivity index (χ0) is 16.1. The summed E-state index contributed by atoms with van der Waals surface area (Å²) >= 11 is 0. The average molecular weight is 336 g/mol. The van der Waals surface area contributed by atoms with Crippen LogP contribution in [0.1, 0.15) is 6.42 Å². The zero-order valence-electron chi connectivity index (χ0n) is 12.8. The van der Waals surface area contributed by atoms with Crippen LogP contribution >= 0.6 is 0 Å². The number of sulfonamides is 1. The van der Waals surface area contributed by atoms with E-state index in [0.717, 1.165) is 18.7 Å². The highest BCUT2D eigenvalue weighted by atomic mass is 32.2. The van der Waals surface area contributed by atoms with Gasteiger partial charge in [-0.3, -0.25) is 0 Å². The molecule has 0 saturated carbocycles. The summed E-state index contributed by atoms with van der Waals surface area (Å²) in [4.78, 5) is 2.23. The molecule has 0 spiro atoms. The molecule has 0 bridgehead atoms. The summed E-state index contributed by atoms with van der Waals surface area (Å²) in [6.45, 7) is 2.90. The van der Waals surface area contributed by atoms with E-state index in [2.05, 4.69) is 32.6 Å². The van der Waals surface area contributed by atoms with E-state index in [4.69, 9.17) is 0 Å². The fourth-order valence-corrected chi connectivity index (χ4v) is 4.13. The molecule has 0 unspecified atom stereocenters. The minimum atomic E-state index is -3.30. The average Bonchev–Trinajstić information content (AvgIpc) is 2.96. The third-order valence-electron chi connectivity index (χ3n) is 3.94. The van der Waals surface area contributed by atoms with Gasteiger partial charge in [0.15, 0.2) is 0 Å². The van der Waals surface area contributed by atoms with E-state index in [1.165, 1.54) is 11.0 Å². The van der Waals surface area contributed by atoms with E-state index in [1.54, 1.807) is 4.31 Å². The summed E-state index contributed by atoms with van der Waals surface area (Å²) in [7, 11) is -3.30. The highest BCUT2D eigenvalue weighted by Gasteiger charge is 2.25. The van der Waals surface area contributed by atoms with Crippen LogP contribution in [0.25, 0.3) is 0 Å². The second kappa shape index (κ2) is 7.05. The number of hydrogen-bond donors (Lipinski definition) is 0. The highest BCUT2D eigenvalue weighted by molar-refractivity contribution is 7.89. The Morgan fingerprint density at radius 3 is 2.61 bits per heavy atom. The van der Waals surface area contributed by atoms with Crippen LogP contribution in [-0.4, -0.2) is 64.9 Å². The van der Waals surface area contributed by atoms with Crippen LogP contribution in [0.2, 0.25) is 0 Å². The summed E-state index contributed by atoms with van der Waals surface area (Å²) in [6, 6.07) is 10.1. The van der Waals surface area contributed by atoms with Gasteiger partial charge in [0.2, 0.25) is 10.0 Å². The van der Waals surface area contributed by atoms with Crippen molar-refractivity contribution >= 4 is 15.7 Å². The van der Waals surface area contributed by atoms with E-state index in [9.17, 15) is 8.42 Å². The number of hydrogen-bond acceptors (Lipinski definition) is 6. The maximum atomic E-state index is 12.5. The fourth-order valence-electron chi connectivity index (χ4n) is 2.69. The summed E-state index contributed by atoms with van der Waals surface area (Å²) in [6.07, 6.45) is 2.24. The number of nitrogens with zero attached hydrogens (tertiary/aromatic N) is 6. The van der Waals surface area contributed by atoms with Gasteiger partial charge in [-0.2, -0.15) is 0 Å². The summed E-state index contributed by atoms with van der Waals surface area (Å²) in [5, 5.41) is 10.7. The molecule has 0 amide bonds. The third-order valence-corrected chi connectivity index (χ3v) is 5.79. The molecule has 0 atom stereocenters. The second-order valence-corrected chi connectivity index (χ2v) is 7.55. The Hall–Kier alpha value is -2.00. The lowest BCUT2D eigenvalue weighted by molar-refractivity contribution is 0.429. The Labute approximate surface area is 135 Å². The zero-order valence-corrected chi connectivity index (χ0v) is 13.6. The standard InChI is InChI=1S/C14H20N6O2S/c21-23(22,12-11-19-13-15-16-17-19)20-8-4-7-18(9-10-20)14-5-2-1-3-6-14/h1-3,5-6,13H,4,7-12H2. The molecule has 1 fully saturated rings. The molecule has 1 aliphatic heterocycles. The van der Waals surface area contributed by atoms with Gasteiger partial charge in [0, 0.05) is 31.9 Å². The Balaban J connectivity index is 1.60. The Morgan fingerprint density at radius 1 is 1.04 bits per heavy atom. The van der Waals surface area contributed by atoms with Crippen LogP contribution in [0, 0.1) is 0 Å². The predicted molar refractivity (Wildman–Crippen MR) is 86.4 cm³/mol. The molecule has 9 heteroatoms. The van der Waals surface area contributed by atoms with Gasteiger partial charge >= 0.3 is 0 Å².